The van der Waals surface area contributed by atoms with Crippen LogP contribution >= 0.6 is 0 Å². The minimum Gasteiger partial charge on any atom is -0.296 e. The molecule has 1 nitrogen and oxygen atoms in total. The van der Waals surface area contributed by atoms with Crippen LogP contribution in [0.5, 0.6) is 0 Å². The highest BCUT2D eigenvalue weighted by atomic mass is 14.6. The first-order chi connectivity index (χ1) is 8.15. The first kappa shape index (κ1) is 14.2. The highest BCUT2D eigenvalue weighted by Gasteiger charge is 2.14. The Labute approximate surface area is 107 Å². The Hall–Kier alpha value is -0.850. The molecule has 0 amide bonds. The third-order valence-electron chi connectivity index (χ3n) is 3.63. The smallest absolute Gasteiger partial charge is 0.0277 e. The van der Waals surface area contributed by atoms with Crippen molar-refractivity contribution in [3.63, 3.8) is 0 Å². The minimum absolute atomic E-state index is 0.553. The van der Waals surface area contributed by atoms with Gasteiger partial charge in [-0.25, -0.2) is 0 Å². The van der Waals surface area contributed by atoms with Crippen molar-refractivity contribution in [3.8, 4) is 0 Å². The van der Waals surface area contributed by atoms with E-state index in [1.807, 2.05) is 13.3 Å². The van der Waals surface area contributed by atoms with Gasteiger partial charge in [0.15, 0.2) is 0 Å². The predicted octanol–water partition coefficient (Wildman–Crippen LogP) is 4.80. The molecule has 1 atom stereocenters. The van der Waals surface area contributed by atoms with Crippen LogP contribution in [0.25, 0.3) is 0 Å². The Balaban J connectivity index is 2.78. The summed E-state index contributed by atoms with van der Waals surface area (Å²) >= 11 is 0. The number of rotatable bonds is 3. The lowest BCUT2D eigenvalue weighted by Gasteiger charge is -2.21. The quantitative estimate of drug-likeness (QED) is 0.490. The van der Waals surface area contributed by atoms with Crippen molar-refractivity contribution in [3.05, 3.63) is 23.8 Å². The molecule has 1 aliphatic carbocycles. The summed E-state index contributed by atoms with van der Waals surface area (Å²) in [7, 11) is 1.85. The summed E-state index contributed by atoms with van der Waals surface area (Å²) in [6, 6.07) is 0. The molecule has 0 aromatic heterocycles. The lowest BCUT2D eigenvalue weighted by molar-refractivity contribution is 0.513. The lowest BCUT2D eigenvalue weighted by Crippen LogP contribution is -2.07. The molecule has 1 unspecified atom stereocenters. The third-order valence-corrected chi connectivity index (χ3v) is 3.63. The van der Waals surface area contributed by atoms with E-state index in [1.54, 1.807) is 0 Å². The van der Waals surface area contributed by atoms with E-state index in [4.69, 9.17) is 0 Å². The van der Waals surface area contributed by atoms with Gasteiger partial charge in [-0.2, -0.15) is 0 Å². The Morgan fingerprint density at radius 2 is 2.00 bits per heavy atom. The maximum Gasteiger partial charge on any atom is 0.0277 e. The summed E-state index contributed by atoms with van der Waals surface area (Å²) in [5, 5.41) is 0. The molecular weight excluding hydrogens is 206 g/mol. The monoisotopic (exact) mass is 233 g/mol. The fraction of sp³-hybridized carbons (Fsp3) is 0.688. The molecule has 0 radical (unpaired) electrons. The van der Waals surface area contributed by atoms with Crippen molar-refractivity contribution in [2.24, 2.45) is 16.8 Å². The summed E-state index contributed by atoms with van der Waals surface area (Å²) in [5.41, 5.74) is 2.78. The van der Waals surface area contributed by atoms with Crippen LogP contribution in [0.3, 0.4) is 0 Å². The zero-order chi connectivity index (χ0) is 12.7. The van der Waals surface area contributed by atoms with E-state index in [1.165, 1.54) is 49.7 Å². The van der Waals surface area contributed by atoms with Gasteiger partial charge >= 0.3 is 0 Å². The summed E-state index contributed by atoms with van der Waals surface area (Å²) in [5.74, 6) is 1.13. The third kappa shape index (κ3) is 4.89. The van der Waals surface area contributed by atoms with Crippen LogP contribution < -0.4 is 0 Å². The number of hydrogen-bond acceptors (Lipinski definition) is 1. The van der Waals surface area contributed by atoms with Crippen molar-refractivity contribution in [2.45, 2.75) is 52.4 Å². The fourth-order valence-electron chi connectivity index (χ4n) is 2.43. The van der Waals surface area contributed by atoms with Crippen LogP contribution in [-0.2, 0) is 0 Å². The first-order valence-electron chi connectivity index (χ1n) is 6.96. The molecule has 0 aromatic carbocycles. The zero-order valence-electron chi connectivity index (χ0n) is 11.7. The fourth-order valence-corrected chi connectivity index (χ4v) is 2.43. The van der Waals surface area contributed by atoms with Crippen LogP contribution in [0, 0.1) is 11.8 Å². The molecule has 1 aliphatic rings. The topological polar surface area (TPSA) is 12.4 Å². The maximum atomic E-state index is 4.28. The molecule has 1 fully saturated rings. The van der Waals surface area contributed by atoms with Gasteiger partial charge in [0.25, 0.3) is 0 Å². The number of nitrogens with zero attached hydrogens (tertiary/aromatic N) is 1. The van der Waals surface area contributed by atoms with Gasteiger partial charge in [-0.1, -0.05) is 51.3 Å². The molecule has 0 aromatic rings. The van der Waals surface area contributed by atoms with E-state index < -0.39 is 0 Å². The summed E-state index contributed by atoms with van der Waals surface area (Å²) in [6.45, 7) is 8.75. The maximum absolute atomic E-state index is 4.28. The molecule has 96 valence electrons. The molecule has 1 rings (SSSR count). The van der Waals surface area contributed by atoms with Gasteiger partial charge in [0.2, 0.25) is 0 Å². The van der Waals surface area contributed by atoms with Gasteiger partial charge in [0, 0.05) is 13.3 Å². The average Bonchev–Trinajstić information content (AvgIpc) is 2.27. The van der Waals surface area contributed by atoms with Crippen molar-refractivity contribution in [2.75, 3.05) is 7.05 Å². The Morgan fingerprint density at radius 1 is 1.29 bits per heavy atom. The predicted molar refractivity (Wildman–Crippen MR) is 77.7 cm³/mol. The second-order valence-corrected chi connectivity index (χ2v) is 5.43. The Kier molecular flexibility index (Phi) is 6.25. The van der Waals surface area contributed by atoms with Crippen molar-refractivity contribution in [1.29, 1.82) is 0 Å². The molecule has 0 heterocycles. The van der Waals surface area contributed by atoms with Gasteiger partial charge < -0.3 is 0 Å². The van der Waals surface area contributed by atoms with Crippen LogP contribution in [-0.4, -0.2) is 13.3 Å². The minimum atomic E-state index is 0.553. The molecule has 0 aliphatic heterocycles. The second kappa shape index (κ2) is 7.47. The highest BCUT2D eigenvalue weighted by molar-refractivity contribution is 5.79. The SMILES string of the molecule is C=C1CCCCCCC1/C=C(\C=N/C)C(C)C. The van der Waals surface area contributed by atoms with Crippen molar-refractivity contribution < 1.29 is 0 Å². The van der Waals surface area contributed by atoms with Gasteiger partial charge in [-0.3, -0.25) is 4.99 Å². The first-order valence-corrected chi connectivity index (χ1v) is 6.96. The molecule has 1 saturated carbocycles. The van der Waals surface area contributed by atoms with E-state index in [2.05, 4.69) is 31.5 Å². The molecule has 0 spiro atoms. The van der Waals surface area contributed by atoms with E-state index in [0.717, 1.165) is 0 Å². The second-order valence-electron chi connectivity index (χ2n) is 5.43. The van der Waals surface area contributed by atoms with E-state index in [9.17, 15) is 0 Å². The molecule has 0 saturated heterocycles. The summed E-state index contributed by atoms with van der Waals surface area (Å²) in [4.78, 5) is 4.17. The normalized spacial score (nSPS) is 24.1. The largest absolute Gasteiger partial charge is 0.296 e. The molecule has 1 heteroatoms. The standard InChI is InChI=1S/C16H27N/c1-13(2)16(12-17-4)11-15-10-8-6-5-7-9-14(15)3/h11-13,15H,3,5-10H2,1-2,4H3/b16-11+,17-12-. The van der Waals surface area contributed by atoms with Gasteiger partial charge in [0.1, 0.15) is 0 Å². The molecule has 17 heavy (non-hydrogen) atoms. The average molecular weight is 233 g/mol. The molecule has 0 N–H and O–H groups in total. The van der Waals surface area contributed by atoms with Crippen LogP contribution in [0.1, 0.15) is 52.4 Å². The zero-order valence-corrected chi connectivity index (χ0v) is 11.7. The van der Waals surface area contributed by atoms with Gasteiger partial charge in [-0.05, 0) is 36.7 Å². The van der Waals surface area contributed by atoms with Gasteiger partial charge in [0.05, 0.1) is 0 Å². The van der Waals surface area contributed by atoms with E-state index in [-0.39, 0.29) is 0 Å². The van der Waals surface area contributed by atoms with Crippen molar-refractivity contribution >= 4 is 6.21 Å². The number of allylic oxidation sites excluding steroid dienone is 3. The number of hydrogen-bond donors (Lipinski definition) is 0. The van der Waals surface area contributed by atoms with E-state index in [0.29, 0.717) is 11.8 Å². The van der Waals surface area contributed by atoms with E-state index >= 15 is 0 Å². The van der Waals surface area contributed by atoms with Crippen LogP contribution in [0.15, 0.2) is 28.8 Å². The Morgan fingerprint density at radius 3 is 2.65 bits per heavy atom. The van der Waals surface area contributed by atoms with Crippen molar-refractivity contribution in [1.82, 2.24) is 0 Å². The van der Waals surface area contributed by atoms with Gasteiger partial charge in [-0.15, -0.1) is 0 Å². The number of aliphatic imine (C=N–C) groups is 1. The summed E-state index contributed by atoms with van der Waals surface area (Å²) in [6.07, 6.45) is 12.3. The highest BCUT2D eigenvalue weighted by Crippen LogP contribution is 2.28. The molecular formula is C16H27N. The van der Waals surface area contributed by atoms with Crippen LogP contribution in [0.2, 0.25) is 0 Å². The van der Waals surface area contributed by atoms with Crippen LogP contribution in [0.4, 0.5) is 0 Å². The summed E-state index contributed by atoms with van der Waals surface area (Å²) < 4.78 is 0. The molecule has 0 bridgehead atoms. The lowest BCUT2D eigenvalue weighted by atomic mass is 9.85. The Bertz CT molecular complexity index is 297.